The highest BCUT2D eigenvalue weighted by Crippen LogP contribution is 2.44. The fourth-order valence-electron chi connectivity index (χ4n) is 4.08. The first-order valence-corrected chi connectivity index (χ1v) is 11.0. The number of nitrogens with one attached hydrogen (secondary N) is 2. The van der Waals surface area contributed by atoms with Crippen LogP contribution in [0.15, 0.2) is 66.9 Å². The number of aliphatic carboxylic acids is 1. The number of fused-ring (bicyclic) bond motifs is 3. The third kappa shape index (κ3) is 5.23. The summed E-state index contributed by atoms with van der Waals surface area (Å²) < 4.78 is 5.51. The number of carbonyl (C=O) groups excluding carboxylic acids is 2. The molecule has 0 spiro atoms. The fourth-order valence-corrected chi connectivity index (χ4v) is 4.08. The molecule has 0 bridgehead atoms. The number of aromatic nitrogens is 1. The van der Waals surface area contributed by atoms with E-state index in [0.717, 1.165) is 22.3 Å². The van der Waals surface area contributed by atoms with Crippen LogP contribution in [0.4, 0.5) is 10.5 Å². The van der Waals surface area contributed by atoms with Gasteiger partial charge in [-0.15, -0.1) is 0 Å². The SMILES string of the molecule is CC(CNC(=O)c1ccc(NC(=O)OCC2c3ccccc3-c3ccccc32)cn1)CC(=O)O. The highest BCUT2D eigenvalue weighted by Gasteiger charge is 2.29. The second-order valence-corrected chi connectivity index (χ2v) is 8.30. The van der Waals surface area contributed by atoms with E-state index in [0.29, 0.717) is 5.69 Å². The van der Waals surface area contributed by atoms with E-state index >= 15 is 0 Å². The molecule has 1 unspecified atom stereocenters. The van der Waals surface area contributed by atoms with Gasteiger partial charge in [0.25, 0.3) is 5.91 Å². The predicted molar refractivity (Wildman–Crippen MR) is 127 cm³/mol. The van der Waals surface area contributed by atoms with Gasteiger partial charge in [-0.25, -0.2) is 9.78 Å². The Bertz CT molecular complexity index is 1160. The number of amides is 2. The number of benzene rings is 2. The van der Waals surface area contributed by atoms with Gasteiger partial charge in [0, 0.05) is 18.9 Å². The van der Waals surface area contributed by atoms with Gasteiger partial charge in [0.05, 0.1) is 11.9 Å². The van der Waals surface area contributed by atoms with E-state index in [4.69, 9.17) is 9.84 Å². The molecule has 1 aromatic heterocycles. The van der Waals surface area contributed by atoms with Crippen molar-refractivity contribution < 1.29 is 24.2 Å². The zero-order valence-electron chi connectivity index (χ0n) is 18.7. The van der Waals surface area contributed by atoms with Gasteiger partial charge in [-0.05, 0) is 40.3 Å². The molecule has 3 N–H and O–H groups in total. The largest absolute Gasteiger partial charge is 0.481 e. The minimum Gasteiger partial charge on any atom is -0.481 e. The highest BCUT2D eigenvalue weighted by atomic mass is 16.5. The van der Waals surface area contributed by atoms with Gasteiger partial charge in [0.2, 0.25) is 0 Å². The van der Waals surface area contributed by atoms with Gasteiger partial charge in [0.1, 0.15) is 12.3 Å². The average molecular weight is 460 g/mol. The van der Waals surface area contributed by atoms with Crippen molar-refractivity contribution in [2.75, 3.05) is 18.5 Å². The Kier molecular flexibility index (Phi) is 6.87. The molecule has 2 amide bonds. The van der Waals surface area contributed by atoms with Gasteiger partial charge in [-0.3, -0.25) is 14.9 Å². The van der Waals surface area contributed by atoms with Crippen LogP contribution >= 0.6 is 0 Å². The van der Waals surface area contributed by atoms with Gasteiger partial charge >= 0.3 is 12.1 Å². The molecule has 0 fully saturated rings. The number of rotatable bonds is 8. The molecular weight excluding hydrogens is 434 g/mol. The van der Waals surface area contributed by atoms with Crippen molar-refractivity contribution in [2.45, 2.75) is 19.3 Å². The topological polar surface area (TPSA) is 118 Å². The molecular formula is C26H25N3O5. The summed E-state index contributed by atoms with van der Waals surface area (Å²) in [6.45, 7) is 2.16. The summed E-state index contributed by atoms with van der Waals surface area (Å²) in [6.07, 6.45) is 0.733. The van der Waals surface area contributed by atoms with Crippen molar-refractivity contribution in [1.29, 1.82) is 0 Å². The minimum absolute atomic E-state index is 0.0310. The Morgan fingerprint density at radius 3 is 2.24 bits per heavy atom. The van der Waals surface area contributed by atoms with Crippen LogP contribution < -0.4 is 10.6 Å². The van der Waals surface area contributed by atoms with E-state index in [-0.39, 0.29) is 37.1 Å². The number of hydrogen-bond donors (Lipinski definition) is 3. The molecule has 3 aromatic rings. The van der Waals surface area contributed by atoms with Crippen molar-refractivity contribution >= 4 is 23.7 Å². The molecule has 0 aliphatic heterocycles. The number of anilines is 1. The normalized spacial score (nSPS) is 12.9. The Labute approximate surface area is 197 Å². The third-order valence-electron chi connectivity index (χ3n) is 5.72. The van der Waals surface area contributed by atoms with Crippen LogP contribution in [-0.2, 0) is 9.53 Å². The molecule has 8 nitrogen and oxygen atoms in total. The van der Waals surface area contributed by atoms with E-state index in [1.54, 1.807) is 13.0 Å². The molecule has 174 valence electrons. The van der Waals surface area contributed by atoms with E-state index in [9.17, 15) is 14.4 Å². The summed E-state index contributed by atoms with van der Waals surface area (Å²) in [5.41, 5.74) is 5.14. The second kappa shape index (κ2) is 10.2. The fraction of sp³-hybridized carbons (Fsp3) is 0.231. The van der Waals surface area contributed by atoms with Gasteiger partial charge < -0.3 is 15.2 Å². The second-order valence-electron chi connectivity index (χ2n) is 8.30. The van der Waals surface area contributed by atoms with Crippen LogP contribution in [0.25, 0.3) is 11.1 Å². The molecule has 0 saturated carbocycles. The van der Waals surface area contributed by atoms with Crippen LogP contribution in [0.2, 0.25) is 0 Å². The number of pyridine rings is 1. The lowest BCUT2D eigenvalue weighted by Crippen LogP contribution is -2.29. The zero-order chi connectivity index (χ0) is 24.1. The van der Waals surface area contributed by atoms with Crippen LogP contribution in [0, 0.1) is 5.92 Å². The molecule has 8 heteroatoms. The van der Waals surface area contributed by atoms with E-state index in [1.807, 2.05) is 24.3 Å². The molecule has 1 aliphatic rings. The van der Waals surface area contributed by atoms with Gasteiger partial charge in [0.15, 0.2) is 0 Å². The van der Waals surface area contributed by atoms with Crippen LogP contribution in [0.3, 0.4) is 0 Å². The van der Waals surface area contributed by atoms with Crippen molar-refractivity contribution in [3.63, 3.8) is 0 Å². The Hall–Kier alpha value is -4.20. The van der Waals surface area contributed by atoms with Crippen molar-refractivity contribution in [3.8, 4) is 11.1 Å². The lowest BCUT2D eigenvalue weighted by atomic mass is 9.98. The van der Waals surface area contributed by atoms with Gasteiger partial charge in [-0.2, -0.15) is 0 Å². The third-order valence-corrected chi connectivity index (χ3v) is 5.72. The number of carboxylic acids is 1. The first kappa shape index (κ1) is 23.0. The molecule has 1 atom stereocenters. The molecule has 2 aromatic carbocycles. The van der Waals surface area contributed by atoms with Crippen molar-refractivity contribution in [3.05, 3.63) is 83.7 Å². The summed E-state index contributed by atoms with van der Waals surface area (Å²) in [6, 6.07) is 19.3. The summed E-state index contributed by atoms with van der Waals surface area (Å²) in [4.78, 5) is 39.4. The maximum absolute atomic E-state index is 12.4. The van der Waals surface area contributed by atoms with Crippen LogP contribution in [0.5, 0.6) is 0 Å². The average Bonchev–Trinajstić information content (AvgIpc) is 3.15. The smallest absolute Gasteiger partial charge is 0.411 e. The molecule has 0 saturated heterocycles. The maximum atomic E-state index is 12.4. The highest BCUT2D eigenvalue weighted by molar-refractivity contribution is 5.93. The van der Waals surface area contributed by atoms with Gasteiger partial charge in [-0.1, -0.05) is 55.5 Å². The first-order valence-electron chi connectivity index (χ1n) is 11.0. The number of nitrogens with zero attached hydrogens (tertiary/aromatic N) is 1. The molecule has 4 rings (SSSR count). The summed E-state index contributed by atoms with van der Waals surface area (Å²) in [7, 11) is 0. The molecule has 1 aliphatic carbocycles. The van der Waals surface area contributed by atoms with Crippen LogP contribution in [-0.4, -0.2) is 41.2 Å². The Morgan fingerprint density at radius 1 is 1.00 bits per heavy atom. The molecule has 1 heterocycles. The first-order chi connectivity index (χ1) is 16.4. The summed E-state index contributed by atoms with van der Waals surface area (Å²) >= 11 is 0. The molecule has 34 heavy (non-hydrogen) atoms. The molecule has 0 radical (unpaired) electrons. The summed E-state index contributed by atoms with van der Waals surface area (Å²) in [5.74, 6) is -1.56. The maximum Gasteiger partial charge on any atom is 0.411 e. The standard InChI is InChI=1S/C26H25N3O5/c1-16(12-24(30)31)13-28-25(32)23-11-10-17(14-27-23)29-26(33)34-15-22-20-8-4-2-6-18(20)19-7-3-5-9-21(19)22/h2-11,14,16,22H,12-13,15H2,1H3,(H,28,32)(H,29,33)(H,30,31). The number of carbonyl (C=O) groups is 3. The quantitative estimate of drug-likeness (QED) is 0.463. The Balaban J connectivity index is 1.31. The number of ether oxygens (including phenoxy) is 1. The predicted octanol–water partition coefficient (Wildman–Crippen LogP) is 4.28. The van der Waals surface area contributed by atoms with E-state index in [2.05, 4.69) is 39.9 Å². The lowest BCUT2D eigenvalue weighted by molar-refractivity contribution is -0.137. The van der Waals surface area contributed by atoms with E-state index < -0.39 is 18.0 Å². The summed E-state index contributed by atoms with van der Waals surface area (Å²) in [5, 5.41) is 14.1. The minimum atomic E-state index is -0.913. The van der Waals surface area contributed by atoms with Crippen LogP contribution in [0.1, 0.15) is 40.9 Å². The van der Waals surface area contributed by atoms with Crippen molar-refractivity contribution in [2.24, 2.45) is 5.92 Å². The monoisotopic (exact) mass is 459 g/mol. The lowest BCUT2D eigenvalue weighted by Gasteiger charge is -2.14. The Morgan fingerprint density at radius 2 is 1.65 bits per heavy atom. The number of hydrogen-bond acceptors (Lipinski definition) is 5. The zero-order valence-corrected chi connectivity index (χ0v) is 18.7. The number of carboxylic acid groups (broad SMARTS) is 1. The van der Waals surface area contributed by atoms with E-state index in [1.165, 1.54) is 12.3 Å². The van der Waals surface area contributed by atoms with Crippen molar-refractivity contribution in [1.82, 2.24) is 10.3 Å².